The Labute approximate surface area is 202 Å². The molecule has 0 aliphatic rings. The lowest BCUT2D eigenvalue weighted by Gasteiger charge is -2.19. The zero-order chi connectivity index (χ0) is 24.5. The van der Waals surface area contributed by atoms with Crippen molar-refractivity contribution in [3.8, 4) is 5.88 Å². The van der Waals surface area contributed by atoms with Gasteiger partial charge in [-0.3, -0.25) is 4.79 Å². The van der Waals surface area contributed by atoms with Crippen LogP contribution in [0.2, 0.25) is 5.02 Å². The first-order chi connectivity index (χ1) is 16.1. The summed E-state index contributed by atoms with van der Waals surface area (Å²) in [5, 5.41) is 21.1. The van der Waals surface area contributed by atoms with Gasteiger partial charge in [0.05, 0.1) is 22.5 Å². The number of halogens is 1. The van der Waals surface area contributed by atoms with Gasteiger partial charge in [0.15, 0.2) is 5.88 Å². The Balaban J connectivity index is 1.83. The Bertz CT molecular complexity index is 1370. The van der Waals surface area contributed by atoms with Crippen LogP contribution in [0.1, 0.15) is 42.5 Å². The SMILES string of the molecule is CC(C)(N)c1ccc(N=C(c2ccc(CCC(=O)O)cc2)c2c(O)[nH]c3cc(Cl)ccc23)cc1. The van der Waals surface area contributed by atoms with Gasteiger partial charge < -0.3 is 20.9 Å². The summed E-state index contributed by atoms with van der Waals surface area (Å²) >= 11 is 6.14. The number of carboxylic acids is 1. The molecule has 0 saturated carbocycles. The van der Waals surface area contributed by atoms with Crippen LogP contribution >= 0.6 is 11.6 Å². The molecular formula is C27H26ClN3O3. The van der Waals surface area contributed by atoms with Gasteiger partial charge in [-0.1, -0.05) is 54.1 Å². The molecule has 0 aliphatic carbocycles. The van der Waals surface area contributed by atoms with Crippen molar-refractivity contribution < 1.29 is 15.0 Å². The third-order valence-electron chi connectivity index (χ3n) is 5.68. The van der Waals surface area contributed by atoms with Crippen molar-refractivity contribution in [3.63, 3.8) is 0 Å². The Kier molecular flexibility index (Phi) is 6.46. The molecular weight excluding hydrogens is 450 g/mol. The number of nitrogens with zero attached hydrogens (tertiary/aromatic N) is 1. The van der Waals surface area contributed by atoms with Crippen LogP contribution in [-0.2, 0) is 16.8 Å². The second-order valence-corrected chi connectivity index (χ2v) is 9.29. The van der Waals surface area contributed by atoms with Crippen LogP contribution in [0.25, 0.3) is 10.9 Å². The lowest BCUT2D eigenvalue weighted by molar-refractivity contribution is -0.136. The van der Waals surface area contributed by atoms with Crippen molar-refractivity contribution in [1.82, 2.24) is 4.98 Å². The highest BCUT2D eigenvalue weighted by molar-refractivity contribution is 6.31. The summed E-state index contributed by atoms with van der Waals surface area (Å²) in [6.07, 6.45) is 0.503. The van der Waals surface area contributed by atoms with E-state index in [-0.39, 0.29) is 12.3 Å². The highest BCUT2D eigenvalue weighted by atomic mass is 35.5. The Morgan fingerprint density at radius 3 is 2.35 bits per heavy atom. The zero-order valence-electron chi connectivity index (χ0n) is 19.0. The number of aromatic hydroxyl groups is 1. The van der Waals surface area contributed by atoms with Gasteiger partial charge in [-0.2, -0.15) is 0 Å². The fraction of sp³-hybridized carbons (Fsp3) is 0.185. The Morgan fingerprint density at radius 1 is 1.06 bits per heavy atom. The molecule has 0 unspecified atom stereocenters. The summed E-state index contributed by atoms with van der Waals surface area (Å²) in [6.45, 7) is 3.88. The van der Waals surface area contributed by atoms with E-state index in [9.17, 15) is 9.90 Å². The molecule has 0 fully saturated rings. The lowest BCUT2D eigenvalue weighted by atomic mass is 9.95. The monoisotopic (exact) mass is 475 g/mol. The van der Waals surface area contributed by atoms with Gasteiger partial charge in [-0.15, -0.1) is 0 Å². The number of hydrogen-bond acceptors (Lipinski definition) is 4. The molecule has 0 radical (unpaired) electrons. The number of nitrogens with two attached hydrogens (primary N) is 1. The number of fused-ring (bicyclic) bond motifs is 1. The van der Waals surface area contributed by atoms with Crippen LogP contribution in [-0.4, -0.2) is 26.9 Å². The fourth-order valence-corrected chi connectivity index (χ4v) is 4.01. The van der Waals surface area contributed by atoms with Crippen molar-refractivity contribution >= 4 is 39.9 Å². The summed E-state index contributed by atoms with van der Waals surface area (Å²) < 4.78 is 0. The molecule has 0 aliphatic heterocycles. The highest BCUT2D eigenvalue weighted by Gasteiger charge is 2.19. The first kappa shape index (κ1) is 23.5. The maximum atomic E-state index is 10.9. The van der Waals surface area contributed by atoms with Crippen LogP contribution < -0.4 is 5.73 Å². The number of benzene rings is 3. The molecule has 4 aromatic rings. The van der Waals surface area contributed by atoms with Crippen LogP contribution in [0, 0.1) is 0 Å². The van der Waals surface area contributed by atoms with Crippen LogP contribution in [0.15, 0.2) is 71.7 Å². The smallest absolute Gasteiger partial charge is 0.303 e. The quantitative estimate of drug-likeness (QED) is 0.249. The summed E-state index contributed by atoms with van der Waals surface area (Å²) in [4.78, 5) is 18.8. The predicted molar refractivity (Wildman–Crippen MR) is 136 cm³/mol. The van der Waals surface area contributed by atoms with E-state index >= 15 is 0 Å². The number of nitrogens with one attached hydrogen (secondary N) is 1. The standard InChI is InChI=1S/C27H26ClN3O3/c1-27(2,29)18-8-11-20(12-9-18)30-25(17-6-3-16(4-7-17)5-14-23(32)33)24-21-13-10-19(28)15-22(21)31-26(24)34/h3-4,6-13,15,31,34H,5,14,29H2,1-2H3,(H,32,33). The number of aromatic amines is 1. The van der Waals surface area contributed by atoms with E-state index in [1.807, 2.05) is 68.4 Å². The zero-order valence-corrected chi connectivity index (χ0v) is 19.7. The van der Waals surface area contributed by atoms with Crippen molar-refractivity contribution in [2.24, 2.45) is 10.7 Å². The van der Waals surface area contributed by atoms with Crippen molar-refractivity contribution in [1.29, 1.82) is 0 Å². The third kappa shape index (κ3) is 5.14. The van der Waals surface area contributed by atoms with Gasteiger partial charge in [0.2, 0.25) is 0 Å². The normalized spacial score (nSPS) is 12.3. The van der Waals surface area contributed by atoms with E-state index in [0.29, 0.717) is 33.9 Å². The second kappa shape index (κ2) is 9.33. The molecule has 0 atom stereocenters. The van der Waals surface area contributed by atoms with Crippen molar-refractivity contribution in [2.45, 2.75) is 32.2 Å². The summed E-state index contributed by atoms with van der Waals surface area (Å²) in [5.41, 5.74) is 11.0. The maximum Gasteiger partial charge on any atom is 0.303 e. The number of aromatic nitrogens is 1. The topological polar surface area (TPSA) is 112 Å². The molecule has 0 spiro atoms. The number of aryl methyl sites for hydroxylation is 1. The first-order valence-electron chi connectivity index (χ1n) is 10.9. The van der Waals surface area contributed by atoms with Gasteiger partial charge in [-0.05, 0) is 55.7 Å². The van der Waals surface area contributed by atoms with E-state index in [1.54, 1.807) is 12.1 Å². The van der Waals surface area contributed by atoms with Crippen LogP contribution in [0.4, 0.5) is 5.69 Å². The summed E-state index contributed by atoms with van der Waals surface area (Å²) in [5.74, 6) is -0.844. The van der Waals surface area contributed by atoms with Gasteiger partial charge in [0.25, 0.3) is 0 Å². The molecule has 4 rings (SSSR count). The Hall–Kier alpha value is -3.61. The molecule has 174 valence electrons. The number of carboxylic acid groups (broad SMARTS) is 1. The highest BCUT2D eigenvalue weighted by Crippen LogP contribution is 2.33. The van der Waals surface area contributed by atoms with Gasteiger partial charge in [-0.25, -0.2) is 4.99 Å². The molecule has 0 saturated heterocycles. The van der Waals surface area contributed by atoms with Gasteiger partial charge in [0, 0.05) is 27.9 Å². The van der Waals surface area contributed by atoms with E-state index in [4.69, 9.17) is 27.4 Å². The minimum Gasteiger partial charge on any atom is -0.494 e. The average Bonchev–Trinajstić information content (AvgIpc) is 3.10. The lowest BCUT2D eigenvalue weighted by Crippen LogP contribution is -2.28. The number of H-pyrrole nitrogens is 1. The largest absolute Gasteiger partial charge is 0.494 e. The number of carbonyl (C=O) groups is 1. The first-order valence-corrected chi connectivity index (χ1v) is 11.3. The van der Waals surface area contributed by atoms with E-state index in [2.05, 4.69) is 4.98 Å². The molecule has 1 heterocycles. The summed E-state index contributed by atoms with van der Waals surface area (Å²) in [7, 11) is 0. The minimum atomic E-state index is -0.835. The number of rotatable bonds is 7. The van der Waals surface area contributed by atoms with E-state index in [0.717, 1.165) is 22.1 Å². The van der Waals surface area contributed by atoms with Gasteiger partial charge in [0.1, 0.15) is 0 Å². The van der Waals surface area contributed by atoms with E-state index < -0.39 is 11.5 Å². The van der Waals surface area contributed by atoms with E-state index in [1.165, 1.54) is 0 Å². The summed E-state index contributed by atoms with van der Waals surface area (Å²) in [6, 6.07) is 20.6. The molecule has 5 N–H and O–H groups in total. The average molecular weight is 476 g/mol. The molecule has 6 nitrogen and oxygen atoms in total. The number of aliphatic carboxylic acids is 1. The molecule has 0 bridgehead atoms. The number of hydrogen-bond donors (Lipinski definition) is 4. The van der Waals surface area contributed by atoms with Gasteiger partial charge >= 0.3 is 5.97 Å². The van der Waals surface area contributed by atoms with Crippen LogP contribution in [0.3, 0.4) is 0 Å². The number of aliphatic imine (C=N–C) groups is 1. The molecule has 1 aromatic heterocycles. The second-order valence-electron chi connectivity index (χ2n) is 8.86. The minimum absolute atomic E-state index is 0.00863. The predicted octanol–water partition coefficient (Wildman–Crippen LogP) is 5.91. The molecule has 34 heavy (non-hydrogen) atoms. The molecule has 7 heteroatoms. The molecule has 3 aromatic carbocycles. The molecule has 0 amide bonds. The third-order valence-corrected chi connectivity index (χ3v) is 5.92. The maximum absolute atomic E-state index is 10.9. The van der Waals surface area contributed by atoms with Crippen LogP contribution in [0.5, 0.6) is 5.88 Å². The fourth-order valence-electron chi connectivity index (χ4n) is 3.84. The van der Waals surface area contributed by atoms with Crippen molar-refractivity contribution in [2.75, 3.05) is 0 Å². The van der Waals surface area contributed by atoms with Crippen molar-refractivity contribution in [3.05, 3.63) is 94.0 Å². The Morgan fingerprint density at radius 2 is 1.74 bits per heavy atom.